The van der Waals surface area contributed by atoms with E-state index in [0.717, 1.165) is 6.04 Å². The molecular weight excluding hydrogens is 178 g/mol. The zero-order chi connectivity index (χ0) is 10.4. The Bertz CT molecular complexity index is 115. The second-order valence-electron chi connectivity index (χ2n) is 4.15. The molecule has 1 nitrogen and oxygen atoms in total. The van der Waals surface area contributed by atoms with Gasteiger partial charge in [-0.25, -0.2) is 0 Å². The summed E-state index contributed by atoms with van der Waals surface area (Å²) in [7, 11) is 0. The van der Waals surface area contributed by atoms with Crippen LogP contribution in [-0.2, 0) is 0 Å². The van der Waals surface area contributed by atoms with Gasteiger partial charge in [0.25, 0.3) is 0 Å². The highest BCUT2D eigenvalue weighted by Crippen LogP contribution is 2.16. The molecule has 0 radical (unpaired) electrons. The van der Waals surface area contributed by atoms with E-state index in [4.69, 9.17) is 0 Å². The zero-order valence-electron chi connectivity index (χ0n) is 10.0. The molecule has 0 aromatic carbocycles. The van der Waals surface area contributed by atoms with Crippen molar-refractivity contribution in [3.63, 3.8) is 0 Å². The van der Waals surface area contributed by atoms with Gasteiger partial charge in [-0.05, 0) is 40.4 Å². The van der Waals surface area contributed by atoms with E-state index in [1.807, 2.05) is 11.8 Å². The van der Waals surface area contributed by atoms with Gasteiger partial charge >= 0.3 is 0 Å². The van der Waals surface area contributed by atoms with Crippen molar-refractivity contribution in [3.8, 4) is 0 Å². The fraction of sp³-hybridized carbons (Fsp3) is 1.00. The fourth-order valence-electron chi connectivity index (χ4n) is 2.05. The Kier molecular flexibility index (Phi) is 6.88. The Balaban J connectivity index is 4.30. The summed E-state index contributed by atoms with van der Waals surface area (Å²) >= 11 is 1.96. The summed E-state index contributed by atoms with van der Waals surface area (Å²) < 4.78 is 0. The Morgan fingerprint density at radius 3 is 1.77 bits per heavy atom. The van der Waals surface area contributed by atoms with Crippen molar-refractivity contribution in [2.24, 2.45) is 0 Å². The molecule has 0 spiro atoms. The van der Waals surface area contributed by atoms with Gasteiger partial charge in [-0.15, -0.1) is 0 Å². The first-order valence-corrected chi connectivity index (χ1v) is 6.70. The van der Waals surface area contributed by atoms with Gasteiger partial charge in [0.1, 0.15) is 0 Å². The van der Waals surface area contributed by atoms with Crippen molar-refractivity contribution in [2.75, 3.05) is 12.0 Å². The average Bonchev–Trinajstić information content (AvgIpc) is 2.02. The standard InChI is InChI=1S/C11H25NS/c1-7-11(8-13-6)12(9(2)3)10(4)5/h9-11H,7-8H2,1-6H3. The van der Waals surface area contributed by atoms with E-state index >= 15 is 0 Å². The van der Waals surface area contributed by atoms with E-state index in [1.54, 1.807) is 0 Å². The zero-order valence-corrected chi connectivity index (χ0v) is 10.8. The molecule has 2 heteroatoms. The lowest BCUT2D eigenvalue weighted by Crippen LogP contribution is -2.46. The van der Waals surface area contributed by atoms with Crippen molar-refractivity contribution in [1.82, 2.24) is 4.90 Å². The number of rotatable bonds is 6. The summed E-state index contributed by atoms with van der Waals surface area (Å²) in [5.74, 6) is 1.26. The van der Waals surface area contributed by atoms with Crippen LogP contribution < -0.4 is 0 Å². The van der Waals surface area contributed by atoms with Crippen LogP contribution in [0.25, 0.3) is 0 Å². The molecule has 0 aliphatic carbocycles. The molecule has 1 atom stereocenters. The second-order valence-corrected chi connectivity index (χ2v) is 5.06. The van der Waals surface area contributed by atoms with Crippen molar-refractivity contribution < 1.29 is 0 Å². The monoisotopic (exact) mass is 203 g/mol. The van der Waals surface area contributed by atoms with Crippen LogP contribution in [-0.4, -0.2) is 35.0 Å². The van der Waals surface area contributed by atoms with Crippen LogP contribution >= 0.6 is 11.8 Å². The predicted octanol–water partition coefficient (Wildman–Crippen LogP) is 3.25. The predicted molar refractivity (Wildman–Crippen MR) is 64.6 cm³/mol. The molecule has 80 valence electrons. The van der Waals surface area contributed by atoms with Crippen LogP contribution in [0.2, 0.25) is 0 Å². The molecule has 0 aliphatic rings. The van der Waals surface area contributed by atoms with Crippen LogP contribution in [0.15, 0.2) is 0 Å². The van der Waals surface area contributed by atoms with Gasteiger partial charge < -0.3 is 0 Å². The minimum absolute atomic E-state index is 0.664. The molecular formula is C11H25NS. The highest BCUT2D eigenvalue weighted by Gasteiger charge is 2.21. The van der Waals surface area contributed by atoms with Gasteiger partial charge in [0.15, 0.2) is 0 Å². The molecule has 0 amide bonds. The third-order valence-corrected chi connectivity index (χ3v) is 3.16. The van der Waals surface area contributed by atoms with E-state index in [9.17, 15) is 0 Å². The minimum Gasteiger partial charge on any atom is -0.295 e. The molecule has 0 bridgehead atoms. The summed E-state index contributed by atoms with van der Waals surface area (Å²) in [6, 6.07) is 2.07. The normalized spacial score (nSPS) is 14.5. The van der Waals surface area contributed by atoms with Crippen molar-refractivity contribution in [2.45, 2.75) is 59.2 Å². The van der Waals surface area contributed by atoms with Gasteiger partial charge in [-0.2, -0.15) is 11.8 Å². The van der Waals surface area contributed by atoms with Crippen LogP contribution in [0.4, 0.5) is 0 Å². The molecule has 0 saturated carbocycles. The van der Waals surface area contributed by atoms with E-state index in [-0.39, 0.29) is 0 Å². The SMILES string of the molecule is CCC(CSC)N(C(C)C)C(C)C. The van der Waals surface area contributed by atoms with Gasteiger partial charge in [-0.3, -0.25) is 4.90 Å². The topological polar surface area (TPSA) is 3.24 Å². The number of nitrogens with zero attached hydrogens (tertiary/aromatic N) is 1. The molecule has 0 aromatic heterocycles. The molecule has 0 heterocycles. The first-order valence-electron chi connectivity index (χ1n) is 5.30. The van der Waals surface area contributed by atoms with Crippen molar-refractivity contribution >= 4 is 11.8 Å². The summed E-state index contributed by atoms with van der Waals surface area (Å²) in [5, 5.41) is 0. The van der Waals surface area contributed by atoms with E-state index in [0.29, 0.717) is 12.1 Å². The van der Waals surface area contributed by atoms with Crippen LogP contribution in [0, 0.1) is 0 Å². The molecule has 13 heavy (non-hydrogen) atoms. The first kappa shape index (κ1) is 13.3. The van der Waals surface area contributed by atoms with Crippen LogP contribution in [0.5, 0.6) is 0 Å². The highest BCUT2D eigenvalue weighted by molar-refractivity contribution is 7.98. The fourth-order valence-corrected chi connectivity index (χ4v) is 2.84. The van der Waals surface area contributed by atoms with Gasteiger partial charge in [0, 0.05) is 23.9 Å². The Labute approximate surface area is 88.3 Å². The van der Waals surface area contributed by atoms with Crippen LogP contribution in [0.3, 0.4) is 0 Å². The molecule has 0 fully saturated rings. The number of hydrogen-bond donors (Lipinski definition) is 0. The van der Waals surface area contributed by atoms with Crippen molar-refractivity contribution in [3.05, 3.63) is 0 Å². The maximum Gasteiger partial charge on any atom is 0.0189 e. The van der Waals surface area contributed by atoms with Crippen LogP contribution in [0.1, 0.15) is 41.0 Å². The first-order chi connectivity index (χ1) is 6.04. The lowest BCUT2D eigenvalue weighted by atomic mass is 10.1. The summed E-state index contributed by atoms with van der Waals surface area (Å²) in [6.07, 6.45) is 3.46. The van der Waals surface area contributed by atoms with E-state index < -0.39 is 0 Å². The van der Waals surface area contributed by atoms with Gasteiger partial charge in [0.2, 0.25) is 0 Å². The molecule has 1 unspecified atom stereocenters. The largest absolute Gasteiger partial charge is 0.295 e. The lowest BCUT2D eigenvalue weighted by Gasteiger charge is -2.37. The molecule has 0 rings (SSSR count). The molecule has 0 saturated heterocycles. The van der Waals surface area contributed by atoms with E-state index in [1.165, 1.54) is 12.2 Å². The quantitative estimate of drug-likeness (QED) is 0.652. The lowest BCUT2D eigenvalue weighted by molar-refractivity contribution is 0.122. The van der Waals surface area contributed by atoms with E-state index in [2.05, 4.69) is 45.8 Å². The summed E-state index contributed by atoms with van der Waals surface area (Å²) in [4.78, 5) is 2.62. The summed E-state index contributed by atoms with van der Waals surface area (Å²) in [5.41, 5.74) is 0. The Hall–Kier alpha value is 0.310. The highest BCUT2D eigenvalue weighted by atomic mass is 32.2. The van der Waals surface area contributed by atoms with Gasteiger partial charge in [-0.1, -0.05) is 6.92 Å². The smallest absolute Gasteiger partial charge is 0.0189 e. The average molecular weight is 203 g/mol. The Morgan fingerprint density at radius 2 is 1.54 bits per heavy atom. The molecule has 0 N–H and O–H groups in total. The molecule has 0 aromatic rings. The summed E-state index contributed by atoms with van der Waals surface area (Å²) in [6.45, 7) is 11.5. The van der Waals surface area contributed by atoms with Crippen molar-refractivity contribution in [1.29, 1.82) is 0 Å². The maximum absolute atomic E-state index is 2.62. The third-order valence-electron chi connectivity index (χ3n) is 2.44. The Morgan fingerprint density at radius 1 is 1.08 bits per heavy atom. The number of hydrogen-bond acceptors (Lipinski definition) is 2. The second kappa shape index (κ2) is 6.72. The molecule has 0 aliphatic heterocycles. The third kappa shape index (κ3) is 4.37. The number of thioether (sulfide) groups is 1. The maximum atomic E-state index is 2.62. The minimum atomic E-state index is 0.664. The van der Waals surface area contributed by atoms with Gasteiger partial charge in [0.05, 0.1) is 0 Å².